The van der Waals surface area contributed by atoms with Gasteiger partial charge in [0, 0.05) is 35.7 Å². The largest absolute Gasteiger partial charge is 0.450 e. The molecule has 0 aliphatic carbocycles. The van der Waals surface area contributed by atoms with Crippen LogP contribution in [0.15, 0.2) is 28.0 Å². The van der Waals surface area contributed by atoms with Crippen LogP contribution in [0.1, 0.15) is 26.7 Å². The van der Waals surface area contributed by atoms with E-state index >= 15 is 0 Å². The van der Waals surface area contributed by atoms with Crippen LogP contribution in [-0.2, 0) is 19.6 Å². The number of amides is 2. The molecule has 2 aliphatic rings. The van der Waals surface area contributed by atoms with Crippen molar-refractivity contribution in [3.8, 4) is 0 Å². The van der Waals surface area contributed by atoms with E-state index in [1.54, 1.807) is 24.0 Å². The van der Waals surface area contributed by atoms with E-state index in [9.17, 15) is 18.0 Å². The average Bonchev–Trinajstić information content (AvgIpc) is 2.80. The number of likely N-dealkylation sites (tertiary alicyclic amines) is 1. The lowest BCUT2D eigenvalue weighted by Crippen LogP contribution is -2.46. The summed E-state index contributed by atoms with van der Waals surface area (Å²) in [4.78, 5) is 26.4. The van der Waals surface area contributed by atoms with Crippen molar-refractivity contribution in [2.24, 2.45) is 5.92 Å². The Hall–Kier alpha value is -1.78. The molecule has 1 aromatic rings. The molecule has 1 aromatic carbocycles. The Morgan fingerprint density at radius 2 is 2.07 bits per heavy atom. The standard InChI is InChI=1S/C18H25N3O5S2/c1-3-26-18(23)21-8-6-13(7-9-21)20-28(24,25)14-4-5-16-15(10-14)19-17(22)12(2)11-27-16/h4-5,10,12-13,20H,3,6-9,11H2,1-2H3,(H,19,22)/t12-/m0/s1. The fourth-order valence-electron chi connectivity index (χ4n) is 3.13. The van der Waals surface area contributed by atoms with Gasteiger partial charge in [-0.3, -0.25) is 4.79 Å². The Morgan fingerprint density at radius 3 is 2.75 bits per heavy atom. The molecule has 1 saturated heterocycles. The minimum Gasteiger partial charge on any atom is -0.450 e. The summed E-state index contributed by atoms with van der Waals surface area (Å²) in [5.41, 5.74) is 0.527. The molecule has 0 spiro atoms. The van der Waals surface area contributed by atoms with E-state index in [1.165, 1.54) is 17.8 Å². The Bertz CT molecular complexity index is 851. The van der Waals surface area contributed by atoms with Crippen molar-refractivity contribution < 1.29 is 22.7 Å². The van der Waals surface area contributed by atoms with Crippen LogP contribution in [0.2, 0.25) is 0 Å². The number of carbonyl (C=O) groups excluding carboxylic acids is 2. The summed E-state index contributed by atoms with van der Waals surface area (Å²) in [6.07, 6.45) is 0.678. The molecule has 10 heteroatoms. The molecule has 0 bridgehead atoms. The molecule has 1 atom stereocenters. The van der Waals surface area contributed by atoms with Gasteiger partial charge in [-0.05, 0) is 38.0 Å². The molecule has 1 fully saturated rings. The van der Waals surface area contributed by atoms with Crippen LogP contribution in [0.5, 0.6) is 0 Å². The van der Waals surface area contributed by atoms with E-state index in [-0.39, 0.29) is 28.9 Å². The van der Waals surface area contributed by atoms with E-state index < -0.39 is 10.0 Å². The third kappa shape index (κ3) is 4.79. The van der Waals surface area contributed by atoms with Gasteiger partial charge in [-0.15, -0.1) is 11.8 Å². The predicted molar refractivity (Wildman–Crippen MR) is 107 cm³/mol. The van der Waals surface area contributed by atoms with Crippen LogP contribution in [0, 0.1) is 5.92 Å². The van der Waals surface area contributed by atoms with E-state index in [1.807, 2.05) is 6.92 Å². The highest BCUT2D eigenvalue weighted by molar-refractivity contribution is 7.99. The minimum atomic E-state index is -3.73. The zero-order valence-electron chi connectivity index (χ0n) is 15.9. The van der Waals surface area contributed by atoms with Gasteiger partial charge in [-0.1, -0.05) is 6.92 Å². The number of fused-ring (bicyclic) bond motifs is 1. The summed E-state index contributed by atoms with van der Waals surface area (Å²) in [5, 5.41) is 2.81. The number of benzene rings is 1. The summed E-state index contributed by atoms with van der Waals surface area (Å²) in [7, 11) is -3.73. The third-order valence-electron chi connectivity index (χ3n) is 4.80. The Labute approximate surface area is 169 Å². The molecule has 2 heterocycles. The number of piperidine rings is 1. The first-order chi connectivity index (χ1) is 13.3. The van der Waals surface area contributed by atoms with Crippen molar-refractivity contribution in [2.75, 3.05) is 30.8 Å². The van der Waals surface area contributed by atoms with Crippen molar-refractivity contribution in [1.29, 1.82) is 0 Å². The van der Waals surface area contributed by atoms with Crippen molar-refractivity contribution >= 4 is 39.5 Å². The third-order valence-corrected chi connectivity index (χ3v) is 7.65. The second kappa shape index (κ2) is 8.71. The maximum Gasteiger partial charge on any atom is 0.409 e. The Kier molecular flexibility index (Phi) is 6.51. The number of hydrogen-bond acceptors (Lipinski definition) is 6. The number of thioether (sulfide) groups is 1. The number of hydrogen-bond donors (Lipinski definition) is 2. The Morgan fingerprint density at radius 1 is 1.36 bits per heavy atom. The average molecular weight is 428 g/mol. The van der Waals surface area contributed by atoms with Crippen LogP contribution in [0.25, 0.3) is 0 Å². The van der Waals surface area contributed by atoms with Crippen molar-refractivity contribution in [3.05, 3.63) is 18.2 Å². The van der Waals surface area contributed by atoms with Crippen molar-refractivity contribution in [2.45, 2.75) is 42.5 Å². The molecule has 2 N–H and O–H groups in total. The molecule has 28 heavy (non-hydrogen) atoms. The van der Waals surface area contributed by atoms with E-state index in [0.29, 0.717) is 44.0 Å². The molecule has 154 valence electrons. The lowest BCUT2D eigenvalue weighted by atomic mass is 10.1. The van der Waals surface area contributed by atoms with Gasteiger partial charge < -0.3 is 15.0 Å². The predicted octanol–water partition coefficient (Wildman–Crippen LogP) is 2.27. The van der Waals surface area contributed by atoms with Crippen LogP contribution in [-0.4, -0.2) is 56.8 Å². The summed E-state index contributed by atoms with van der Waals surface area (Å²) in [6.45, 7) is 4.80. The second-order valence-corrected chi connectivity index (χ2v) is 9.72. The quantitative estimate of drug-likeness (QED) is 0.764. The lowest BCUT2D eigenvalue weighted by Gasteiger charge is -2.31. The first-order valence-corrected chi connectivity index (χ1v) is 11.8. The van der Waals surface area contributed by atoms with Gasteiger partial charge in [-0.2, -0.15) is 0 Å². The zero-order valence-corrected chi connectivity index (χ0v) is 17.6. The molecule has 0 unspecified atom stereocenters. The molecular weight excluding hydrogens is 402 g/mol. The molecule has 3 rings (SSSR count). The van der Waals surface area contributed by atoms with Gasteiger partial charge in [0.05, 0.1) is 17.2 Å². The van der Waals surface area contributed by atoms with Gasteiger partial charge in [0.25, 0.3) is 0 Å². The number of sulfonamides is 1. The van der Waals surface area contributed by atoms with Crippen LogP contribution in [0.4, 0.5) is 10.5 Å². The van der Waals surface area contributed by atoms with Crippen LogP contribution >= 0.6 is 11.8 Å². The minimum absolute atomic E-state index is 0.111. The lowest BCUT2D eigenvalue weighted by molar-refractivity contribution is -0.118. The van der Waals surface area contributed by atoms with Gasteiger partial charge in [0.2, 0.25) is 15.9 Å². The van der Waals surface area contributed by atoms with Gasteiger partial charge in [0.15, 0.2) is 0 Å². The molecule has 8 nitrogen and oxygen atoms in total. The summed E-state index contributed by atoms with van der Waals surface area (Å²) in [6, 6.07) is 4.55. The number of nitrogens with one attached hydrogen (secondary N) is 2. The molecule has 0 aromatic heterocycles. The SMILES string of the molecule is CCOC(=O)N1CCC(NS(=O)(=O)c2ccc3c(c2)NC(=O)[C@@H](C)CS3)CC1. The van der Waals surface area contributed by atoms with E-state index in [0.717, 1.165) is 4.90 Å². The number of anilines is 1. The normalized spacial score (nSPS) is 20.9. The smallest absolute Gasteiger partial charge is 0.409 e. The highest BCUT2D eigenvalue weighted by atomic mass is 32.2. The number of carbonyl (C=O) groups is 2. The highest BCUT2D eigenvalue weighted by Crippen LogP contribution is 2.34. The highest BCUT2D eigenvalue weighted by Gasteiger charge is 2.28. The zero-order chi connectivity index (χ0) is 20.3. The first-order valence-electron chi connectivity index (χ1n) is 9.32. The van der Waals surface area contributed by atoms with Crippen molar-refractivity contribution in [3.63, 3.8) is 0 Å². The molecule has 2 amide bonds. The van der Waals surface area contributed by atoms with Gasteiger partial charge >= 0.3 is 6.09 Å². The first kappa shape index (κ1) is 20.9. The van der Waals surface area contributed by atoms with E-state index in [4.69, 9.17) is 4.74 Å². The topological polar surface area (TPSA) is 105 Å². The second-order valence-electron chi connectivity index (χ2n) is 6.94. The summed E-state index contributed by atoms with van der Waals surface area (Å²) < 4.78 is 33.3. The number of rotatable bonds is 4. The summed E-state index contributed by atoms with van der Waals surface area (Å²) >= 11 is 1.54. The number of ether oxygens (including phenoxy) is 1. The maximum atomic E-state index is 12.8. The van der Waals surface area contributed by atoms with Crippen LogP contribution < -0.4 is 10.0 Å². The molecule has 0 radical (unpaired) electrons. The maximum absolute atomic E-state index is 12.8. The Balaban J connectivity index is 1.67. The van der Waals surface area contributed by atoms with Gasteiger partial charge in [0.1, 0.15) is 0 Å². The van der Waals surface area contributed by atoms with Crippen LogP contribution in [0.3, 0.4) is 0 Å². The number of nitrogens with zero attached hydrogens (tertiary/aromatic N) is 1. The molecule has 0 saturated carbocycles. The van der Waals surface area contributed by atoms with Crippen molar-refractivity contribution in [1.82, 2.24) is 9.62 Å². The fraction of sp³-hybridized carbons (Fsp3) is 0.556. The van der Waals surface area contributed by atoms with E-state index in [2.05, 4.69) is 10.0 Å². The fourth-order valence-corrected chi connectivity index (χ4v) is 5.47. The molecule has 2 aliphatic heterocycles. The summed E-state index contributed by atoms with van der Waals surface area (Å²) in [5.74, 6) is 0.405. The monoisotopic (exact) mass is 427 g/mol. The van der Waals surface area contributed by atoms with Gasteiger partial charge in [-0.25, -0.2) is 17.9 Å². The molecular formula is C18H25N3O5S2.